The summed E-state index contributed by atoms with van der Waals surface area (Å²) in [6.07, 6.45) is 0.342. The molecule has 0 saturated heterocycles. The van der Waals surface area contributed by atoms with E-state index in [9.17, 15) is 9.59 Å². The van der Waals surface area contributed by atoms with Gasteiger partial charge in [-0.1, -0.05) is 11.6 Å². The highest BCUT2D eigenvalue weighted by Crippen LogP contribution is 2.28. The first-order valence-electron chi connectivity index (χ1n) is 8.33. The van der Waals surface area contributed by atoms with Crippen molar-refractivity contribution in [1.82, 2.24) is 0 Å². The molecule has 0 atom stereocenters. The Kier molecular flexibility index (Phi) is 8.00. The number of amides is 1. The summed E-state index contributed by atoms with van der Waals surface area (Å²) in [6, 6.07) is 10.5. The van der Waals surface area contributed by atoms with Crippen molar-refractivity contribution < 1.29 is 19.1 Å². The van der Waals surface area contributed by atoms with Crippen LogP contribution in [-0.4, -0.2) is 31.7 Å². The predicted molar refractivity (Wildman–Crippen MR) is 110 cm³/mol. The van der Waals surface area contributed by atoms with Crippen molar-refractivity contribution in [3.63, 3.8) is 0 Å². The van der Waals surface area contributed by atoms with Crippen molar-refractivity contribution in [2.45, 2.75) is 19.1 Å². The molecule has 0 aromatic heterocycles. The smallest absolute Gasteiger partial charge is 0.225 e. The Morgan fingerprint density at radius 1 is 1.07 bits per heavy atom. The largest absolute Gasteiger partial charge is 0.496 e. The van der Waals surface area contributed by atoms with E-state index in [2.05, 4.69) is 5.32 Å². The molecule has 0 aliphatic heterocycles. The van der Waals surface area contributed by atoms with Crippen molar-refractivity contribution in [3.8, 4) is 11.5 Å². The number of hydrogen-bond acceptors (Lipinski definition) is 5. The first kappa shape index (κ1) is 21.1. The fourth-order valence-electron chi connectivity index (χ4n) is 2.45. The molecule has 7 heteroatoms. The number of benzene rings is 2. The van der Waals surface area contributed by atoms with Gasteiger partial charge in [0.15, 0.2) is 5.78 Å². The maximum atomic E-state index is 12.2. The number of Topliss-reactive ketones (excluding diaryl/α,β-unsaturated/α-hetero) is 1. The van der Waals surface area contributed by atoms with Crippen molar-refractivity contribution >= 4 is 40.7 Å². The second-order valence-corrected chi connectivity index (χ2v) is 7.32. The van der Waals surface area contributed by atoms with E-state index >= 15 is 0 Å². The van der Waals surface area contributed by atoms with Crippen LogP contribution < -0.4 is 14.8 Å². The normalized spacial score (nSPS) is 10.4. The molecular formula is C20H22ClNO4S. The van der Waals surface area contributed by atoms with Crippen LogP contribution in [0.5, 0.6) is 11.5 Å². The first-order valence-corrected chi connectivity index (χ1v) is 9.87. The molecule has 0 saturated carbocycles. The lowest BCUT2D eigenvalue weighted by atomic mass is 10.1. The quantitative estimate of drug-likeness (QED) is 0.476. The zero-order chi connectivity index (χ0) is 19.8. The molecule has 0 bridgehead atoms. The number of carbonyl (C=O) groups is 2. The van der Waals surface area contributed by atoms with E-state index in [4.69, 9.17) is 21.1 Å². The van der Waals surface area contributed by atoms with Crippen molar-refractivity contribution in [2.75, 3.05) is 25.3 Å². The molecule has 27 heavy (non-hydrogen) atoms. The molecule has 0 aliphatic rings. The van der Waals surface area contributed by atoms with E-state index < -0.39 is 0 Å². The third kappa shape index (κ3) is 6.19. The molecule has 1 N–H and O–H groups in total. The number of hydrogen-bond donors (Lipinski definition) is 1. The van der Waals surface area contributed by atoms with Gasteiger partial charge in [0, 0.05) is 34.1 Å². The minimum absolute atomic E-state index is 0.0127. The van der Waals surface area contributed by atoms with E-state index in [1.54, 1.807) is 49.2 Å². The Morgan fingerprint density at radius 2 is 1.78 bits per heavy atom. The van der Waals surface area contributed by atoms with Gasteiger partial charge in [0.2, 0.25) is 5.91 Å². The van der Waals surface area contributed by atoms with E-state index in [1.165, 1.54) is 14.0 Å². The molecule has 0 spiro atoms. The highest BCUT2D eigenvalue weighted by molar-refractivity contribution is 7.98. The van der Waals surface area contributed by atoms with Crippen LogP contribution in [0.1, 0.15) is 29.3 Å². The molecule has 2 aromatic carbocycles. The van der Waals surface area contributed by atoms with Gasteiger partial charge in [-0.3, -0.25) is 9.59 Å². The standard InChI is InChI=1S/C20H22ClNO4S/c1-13(23)14-4-6-18(25-2)15(10-14)12-27-9-8-20(24)22-17-11-16(21)5-7-19(17)26-3/h4-7,10-11H,8-9,12H2,1-3H3,(H,22,24). The summed E-state index contributed by atoms with van der Waals surface area (Å²) < 4.78 is 10.6. The Bertz CT molecular complexity index is 826. The summed E-state index contributed by atoms with van der Waals surface area (Å²) in [6.45, 7) is 1.53. The summed E-state index contributed by atoms with van der Waals surface area (Å²) in [5.41, 5.74) is 2.14. The number of methoxy groups -OCH3 is 2. The number of thioether (sulfide) groups is 1. The Morgan fingerprint density at radius 3 is 2.44 bits per heavy atom. The van der Waals surface area contributed by atoms with Crippen LogP contribution in [0.2, 0.25) is 5.02 Å². The Hall–Kier alpha value is -2.18. The SMILES string of the molecule is COc1ccc(C(C)=O)cc1CSCCC(=O)Nc1cc(Cl)ccc1OC. The Balaban J connectivity index is 1.88. The van der Waals surface area contributed by atoms with E-state index in [-0.39, 0.29) is 11.7 Å². The van der Waals surface area contributed by atoms with Crippen LogP contribution in [0.3, 0.4) is 0 Å². The fraction of sp³-hybridized carbons (Fsp3) is 0.300. The monoisotopic (exact) mass is 407 g/mol. The predicted octanol–water partition coefficient (Wildman–Crippen LogP) is 4.82. The minimum atomic E-state index is -0.118. The number of carbonyl (C=O) groups excluding carboxylic acids is 2. The summed E-state index contributed by atoms with van der Waals surface area (Å²) in [7, 11) is 3.14. The molecule has 144 valence electrons. The lowest BCUT2D eigenvalue weighted by Crippen LogP contribution is -2.13. The Labute approximate surface area is 168 Å². The molecule has 1 amide bonds. The van der Waals surface area contributed by atoms with Crippen LogP contribution in [0.4, 0.5) is 5.69 Å². The van der Waals surface area contributed by atoms with Gasteiger partial charge in [-0.2, -0.15) is 11.8 Å². The van der Waals surface area contributed by atoms with Crippen LogP contribution >= 0.6 is 23.4 Å². The van der Waals surface area contributed by atoms with Crippen molar-refractivity contribution in [2.24, 2.45) is 0 Å². The van der Waals surface area contributed by atoms with Gasteiger partial charge in [0.25, 0.3) is 0 Å². The highest BCUT2D eigenvalue weighted by atomic mass is 35.5. The number of anilines is 1. The van der Waals surface area contributed by atoms with Gasteiger partial charge in [0.05, 0.1) is 19.9 Å². The van der Waals surface area contributed by atoms with E-state index in [0.29, 0.717) is 39.9 Å². The zero-order valence-corrected chi connectivity index (χ0v) is 17.1. The average molecular weight is 408 g/mol. The number of halogens is 1. The van der Waals surface area contributed by atoms with Crippen LogP contribution in [-0.2, 0) is 10.5 Å². The minimum Gasteiger partial charge on any atom is -0.496 e. The zero-order valence-electron chi connectivity index (χ0n) is 15.5. The average Bonchev–Trinajstić information content (AvgIpc) is 2.65. The van der Waals surface area contributed by atoms with Gasteiger partial charge in [0.1, 0.15) is 11.5 Å². The summed E-state index contributed by atoms with van der Waals surface area (Å²) >= 11 is 7.57. The van der Waals surface area contributed by atoms with E-state index in [0.717, 1.165) is 11.3 Å². The van der Waals surface area contributed by atoms with E-state index in [1.807, 2.05) is 6.07 Å². The lowest BCUT2D eigenvalue weighted by molar-refractivity contribution is -0.115. The summed E-state index contributed by atoms with van der Waals surface area (Å²) in [5.74, 6) is 2.47. The second kappa shape index (κ2) is 10.2. The second-order valence-electron chi connectivity index (χ2n) is 5.78. The molecule has 0 unspecified atom stereocenters. The van der Waals surface area contributed by atoms with Crippen molar-refractivity contribution in [1.29, 1.82) is 0 Å². The summed E-state index contributed by atoms with van der Waals surface area (Å²) in [5, 5.41) is 3.34. The van der Waals surface area contributed by atoms with Crippen LogP contribution in [0.25, 0.3) is 0 Å². The number of rotatable bonds is 9. The molecule has 2 rings (SSSR count). The molecule has 2 aromatic rings. The lowest BCUT2D eigenvalue weighted by Gasteiger charge is -2.11. The van der Waals surface area contributed by atoms with Crippen molar-refractivity contribution in [3.05, 3.63) is 52.5 Å². The highest BCUT2D eigenvalue weighted by Gasteiger charge is 2.10. The third-order valence-corrected chi connectivity index (χ3v) is 5.10. The third-order valence-electron chi connectivity index (χ3n) is 3.85. The molecule has 0 aliphatic carbocycles. The molecule has 5 nitrogen and oxygen atoms in total. The van der Waals surface area contributed by atoms with Crippen LogP contribution in [0.15, 0.2) is 36.4 Å². The van der Waals surface area contributed by atoms with Gasteiger partial charge in [-0.25, -0.2) is 0 Å². The fourth-order valence-corrected chi connectivity index (χ4v) is 3.54. The summed E-state index contributed by atoms with van der Waals surface area (Å²) in [4.78, 5) is 23.7. The molecule has 0 heterocycles. The molecule has 0 radical (unpaired) electrons. The number of nitrogens with one attached hydrogen (secondary N) is 1. The number of ketones is 1. The maximum absolute atomic E-state index is 12.2. The van der Waals surface area contributed by atoms with Gasteiger partial charge >= 0.3 is 0 Å². The topological polar surface area (TPSA) is 64.6 Å². The maximum Gasteiger partial charge on any atom is 0.225 e. The van der Waals surface area contributed by atoms with Crippen LogP contribution in [0, 0.1) is 0 Å². The first-order chi connectivity index (χ1) is 12.9. The molecular weight excluding hydrogens is 386 g/mol. The van der Waals surface area contributed by atoms with Gasteiger partial charge in [-0.15, -0.1) is 0 Å². The van der Waals surface area contributed by atoms with Gasteiger partial charge in [-0.05, 0) is 43.3 Å². The molecule has 0 fully saturated rings. The number of ether oxygens (including phenoxy) is 2. The van der Waals surface area contributed by atoms with Gasteiger partial charge < -0.3 is 14.8 Å².